The average molecular weight is 285 g/mol. The number of nitrogens with one attached hydrogen (secondary N) is 1. The molecular weight excluding hydrogens is 269 g/mol. The second kappa shape index (κ2) is 7.36. The first-order valence-corrected chi connectivity index (χ1v) is 6.70. The monoisotopic (exact) mass is 285 g/mol. The molecule has 0 saturated heterocycles. The van der Waals surface area contributed by atoms with Gasteiger partial charge in [-0.05, 0) is 36.9 Å². The summed E-state index contributed by atoms with van der Waals surface area (Å²) >= 11 is 0. The summed E-state index contributed by atoms with van der Waals surface area (Å²) in [6.07, 6.45) is 1.62. The highest BCUT2D eigenvalue weighted by atomic mass is 19.1. The van der Waals surface area contributed by atoms with Gasteiger partial charge in [0.05, 0.1) is 23.5 Å². The Labute approximate surface area is 123 Å². The van der Waals surface area contributed by atoms with E-state index < -0.39 is 0 Å². The highest BCUT2D eigenvalue weighted by molar-refractivity contribution is 5.37. The van der Waals surface area contributed by atoms with Crippen molar-refractivity contribution >= 4 is 0 Å². The fourth-order valence-corrected chi connectivity index (χ4v) is 1.81. The van der Waals surface area contributed by atoms with E-state index in [1.807, 2.05) is 25.1 Å². The predicted octanol–water partition coefficient (Wildman–Crippen LogP) is 2.78. The van der Waals surface area contributed by atoms with Crippen LogP contribution in [0.4, 0.5) is 4.39 Å². The number of aromatic nitrogens is 1. The van der Waals surface area contributed by atoms with Gasteiger partial charge in [0, 0.05) is 12.1 Å². The highest BCUT2D eigenvalue weighted by Crippen LogP contribution is 2.15. The van der Waals surface area contributed by atoms with Gasteiger partial charge in [0.2, 0.25) is 0 Å². The van der Waals surface area contributed by atoms with Crippen LogP contribution < -0.4 is 10.1 Å². The average Bonchev–Trinajstić information content (AvgIpc) is 2.52. The zero-order chi connectivity index (χ0) is 15.1. The van der Waals surface area contributed by atoms with Crippen molar-refractivity contribution < 1.29 is 9.13 Å². The summed E-state index contributed by atoms with van der Waals surface area (Å²) in [5.41, 5.74) is 1.86. The van der Waals surface area contributed by atoms with Crippen molar-refractivity contribution in [3.63, 3.8) is 0 Å². The maximum atomic E-state index is 13.2. The lowest BCUT2D eigenvalue weighted by Gasteiger charge is -2.08. The van der Waals surface area contributed by atoms with Gasteiger partial charge >= 0.3 is 0 Å². The van der Waals surface area contributed by atoms with Gasteiger partial charge in [-0.2, -0.15) is 5.26 Å². The number of halogens is 1. The Hall–Kier alpha value is -2.45. The molecule has 21 heavy (non-hydrogen) atoms. The maximum absolute atomic E-state index is 13.2. The van der Waals surface area contributed by atoms with Crippen LogP contribution in [0.5, 0.6) is 5.75 Å². The van der Waals surface area contributed by atoms with E-state index in [0.717, 1.165) is 12.2 Å². The number of nitriles is 1. The van der Waals surface area contributed by atoms with Crippen LogP contribution in [-0.2, 0) is 13.2 Å². The molecule has 108 valence electrons. The van der Waals surface area contributed by atoms with Crippen LogP contribution in [0.15, 0.2) is 36.5 Å². The van der Waals surface area contributed by atoms with E-state index in [2.05, 4.69) is 10.3 Å². The van der Waals surface area contributed by atoms with Crippen LogP contribution in [0.3, 0.4) is 0 Å². The van der Waals surface area contributed by atoms with Crippen molar-refractivity contribution in [2.24, 2.45) is 0 Å². The number of benzene rings is 1. The fourth-order valence-electron chi connectivity index (χ4n) is 1.81. The van der Waals surface area contributed by atoms with Crippen molar-refractivity contribution in [2.45, 2.75) is 20.1 Å². The van der Waals surface area contributed by atoms with Crippen LogP contribution in [0.2, 0.25) is 0 Å². The zero-order valence-electron chi connectivity index (χ0n) is 11.8. The molecule has 0 amide bonds. The third-order valence-corrected chi connectivity index (χ3v) is 2.94. The van der Waals surface area contributed by atoms with Gasteiger partial charge in [-0.1, -0.05) is 6.92 Å². The normalized spacial score (nSPS) is 10.1. The molecule has 5 heteroatoms. The Balaban J connectivity index is 2.00. The van der Waals surface area contributed by atoms with E-state index in [0.29, 0.717) is 23.4 Å². The lowest BCUT2D eigenvalue weighted by molar-refractivity contribution is 0.304. The summed E-state index contributed by atoms with van der Waals surface area (Å²) in [4.78, 5) is 4.26. The van der Waals surface area contributed by atoms with Crippen molar-refractivity contribution in [1.29, 1.82) is 5.26 Å². The second-order valence-electron chi connectivity index (χ2n) is 4.47. The predicted molar refractivity (Wildman–Crippen MR) is 77.1 cm³/mol. The molecule has 0 aliphatic carbocycles. The van der Waals surface area contributed by atoms with Crippen molar-refractivity contribution in [2.75, 3.05) is 6.54 Å². The first-order valence-electron chi connectivity index (χ1n) is 6.70. The van der Waals surface area contributed by atoms with Gasteiger partial charge in [-0.25, -0.2) is 4.39 Å². The number of hydrogen-bond donors (Lipinski definition) is 1. The van der Waals surface area contributed by atoms with Crippen molar-refractivity contribution in [1.82, 2.24) is 10.3 Å². The van der Waals surface area contributed by atoms with Crippen LogP contribution >= 0.6 is 0 Å². The zero-order valence-corrected chi connectivity index (χ0v) is 11.8. The van der Waals surface area contributed by atoms with E-state index >= 15 is 0 Å². The summed E-state index contributed by atoms with van der Waals surface area (Å²) in [5, 5.41) is 12.2. The van der Waals surface area contributed by atoms with Gasteiger partial charge in [-0.3, -0.25) is 4.98 Å². The molecule has 1 aromatic carbocycles. The van der Waals surface area contributed by atoms with Crippen LogP contribution in [0.1, 0.15) is 23.7 Å². The van der Waals surface area contributed by atoms with Gasteiger partial charge in [-0.15, -0.1) is 0 Å². The van der Waals surface area contributed by atoms with E-state index in [1.165, 1.54) is 18.2 Å². The molecule has 2 rings (SSSR count). The molecule has 0 fully saturated rings. The Morgan fingerprint density at radius 1 is 1.33 bits per heavy atom. The molecule has 1 aromatic heterocycles. The number of hydrogen-bond acceptors (Lipinski definition) is 4. The molecule has 2 aromatic rings. The molecule has 1 heterocycles. The highest BCUT2D eigenvalue weighted by Gasteiger charge is 2.05. The fraction of sp³-hybridized carbons (Fsp3) is 0.250. The van der Waals surface area contributed by atoms with E-state index in [1.54, 1.807) is 6.20 Å². The molecule has 0 aliphatic heterocycles. The van der Waals surface area contributed by atoms with Gasteiger partial charge in [0.15, 0.2) is 0 Å². The lowest BCUT2D eigenvalue weighted by Crippen LogP contribution is -2.12. The number of nitrogens with zero attached hydrogens (tertiary/aromatic N) is 2. The van der Waals surface area contributed by atoms with Gasteiger partial charge in [0.25, 0.3) is 0 Å². The summed E-state index contributed by atoms with van der Waals surface area (Å²) in [7, 11) is 0. The molecule has 0 saturated carbocycles. The molecule has 0 atom stereocenters. The Morgan fingerprint density at radius 2 is 2.19 bits per heavy atom. The first-order chi connectivity index (χ1) is 10.2. The molecule has 0 bridgehead atoms. The summed E-state index contributed by atoms with van der Waals surface area (Å²) in [6.45, 7) is 3.76. The first kappa shape index (κ1) is 14.9. The van der Waals surface area contributed by atoms with Gasteiger partial charge < -0.3 is 10.1 Å². The van der Waals surface area contributed by atoms with Crippen LogP contribution in [-0.4, -0.2) is 11.5 Å². The Kier molecular flexibility index (Phi) is 5.24. The minimum atomic E-state index is -0.383. The largest absolute Gasteiger partial charge is 0.487 e. The van der Waals surface area contributed by atoms with Crippen LogP contribution in [0, 0.1) is 17.1 Å². The molecule has 0 radical (unpaired) electrons. The Bertz CT molecular complexity index is 635. The summed E-state index contributed by atoms with van der Waals surface area (Å²) < 4.78 is 18.7. The SMILES string of the molecule is CCNCc1ccc(OCc2cc(F)ccc2C#N)cn1. The number of rotatable bonds is 6. The summed E-state index contributed by atoms with van der Waals surface area (Å²) in [5.74, 6) is 0.204. The third-order valence-electron chi connectivity index (χ3n) is 2.94. The topological polar surface area (TPSA) is 57.9 Å². The molecule has 0 unspecified atom stereocenters. The van der Waals surface area contributed by atoms with Crippen LogP contribution in [0.25, 0.3) is 0 Å². The Morgan fingerprint density at radius 3 is 2.86 bits per heavy atom. The molecule has 4 nitrogen and oxygen atoms in total. The van der Waals surface area contributed by atoms with Crippen molar-refractivity contribution in [3.05, 3.63) is 59.2 Å². The maximum Gasteiger partial charge on any atom is 0.138 e. The minimum Gasteiger partial charge on any atom is -0.487 e. The van der Waals surface area contributed by atoms with Crippen molar-refractivity contribution in [3.8, 4) is 11.8 Å². The molecular formula is C16H16FN3O. The number of ether oxygens (including phenoxy) is 1. The number of pyridine rings is 1. The lowest BCUT2D eigenvalue weighted by atomic mass is 10.1. The summed E-state index contributed by atoms with van der Waals surface area (Å²) in [6, 6.07) is 9.73. The smallest absolute Gasteiger partial charge is 0.138 e. The van der Waals surface area contributed by atoms with E-state index in [-0.39, 0.29) is 12.4 Å². The molecule has 0 aliphatic rings. The van der Waals surface area contributed by atoms with E-state index in [9.17, 15) is 4.39 Å². The van der Waals surface area contributed by atoms with Gasteiger partial charge in [0.1, 0.15) is 18.2 Å². The third kappa shape index (κ3) is 4.26. The standard InChI is InChI=1S/C16H16FN3O/c1-2-19-9-15-5-6-16(10-20-15)21-11-13-7-14(17)4-3-12(13)8-18/h3-7,10,19H,2,9,11H2,1H3. The minimum absolute atomic E-state index is 0.134. The molecule has 1 N–H and O–H groups in total. The molecule has 0 spiro atoms. The van der Waals surface area contributed by atoms with E-state index in [4.69, 9.17) is 10.00 Å². The second-order valence-corrected chi connectivity index (χ2v) is 4.47. The quantitative estimate of drug-likeness (QED) is 0.886.